The molecule has 2 aromatic carbocycles. The van der Waals surface area contributed by atoms with Gasteiger partial charge in [0, 0.05) is 32.7 Å². The number of fused-ring (bicyclic) bond motifs is 1. The Kier molecular flexibility index (Phi) is 6.92. The van der Waals surface area contributed by atoms with Gasteiger partial charge in [0.1, 0.15) is 5.60 Å². The Morgan fingerprint density at radius 3 is 2.39 bits per heavy atom. The summed E-state index contributed by atoms with van der Waals surface area (Å²) < 4.78 is 11.3. The van der Waals surface area contributed by atoms with Gasteiger partial charge in [-0.2, -0.15) is 0 Å². The van der Waals surface area contributed by atoms with Crippen LogP contribution in [0.15, 0.2) is 42.5 Å². The molecule has 3 rings (SSSR count). The van der Waals surface area contributed by atoms with Crippen molar-refractivity contribution >= 4 is 16.9 Å². The van der Waals surface area contributed by atoms with Crippen molar-refractivity contribution in [1.29, 1.82) is 0 Å². The summed E-state index contributed by atoms with van der Waals surface area (Å²) in [5.74, 6) is 0. The first kappa shape index (κ1) is 20.6. The third kappa shape index (κ3) is 6.21. The van der Waals surface area contributed by atoms with Crippen LogP contribution in [0.25, 0.3) is 10.8 Å². The summed E-state index contributed by atoms with van der Waals surface area (Å²) in [7, 11) is 0. The number of ether oxygens (including phenoxy) is 2. The second-order valence-electron chi connectivity index (χ2n) is 8.35. The minimum Gasteiger partial charge on any atom is -0.444 e. The van der Waals surface area contributed by atoms with E-state index in [0.717, 1.165) is 39.3 Å². The summed E-state index contributed by atoms with van der Waals surface area (Å²) in [6.07, 6.45) is 0.718. The third-order valence-corrected chi connectivity index (χ3v) is 4.92. The number of nitrogens with zero attached hydrogens (tertiary/aromatic N) is 2. The van der Waals surface area contributed by atoms with E-state index in [4.69, 9.17) is 9.47 Å². The smallest absolute Gasteiger partial charge is 0.410 e. The minimum absolute atomic E-state index is 0.209. The predicted molar refractivity (Wildman–Crippen MR) is 113 cm³/mol. The molecule has 5 nitrogen and oxygen atoms in total. The fraction of sp³-hybridized carbons (Fsp3) is 0.522. The first-order valence-corrected chi connectivity index (χ1v) is 10.2. The van der Waals surface area contributed by atoms with E-state index in [0.29, 0.717) is 13.1 Å². The Labute approximate surface area is 168 Å². The standard InChI is InChI=1S/C23H32N2O3/c1-23(2,3)28-22(26)25-13-11-24(12-14-25)15-17-27-16-10-19-8-9-20-6-4-5-7-21(20)18-19/h4-9,18H,10-17H2,1-3H3. The molecule has 152 valence electrons. The highest BCUT2D eigenvalue weighted by Gasteiger charge is 2.25. The van der Waals surface area contributed by atoms with Crippen LogP contribution in [0.1, 0.15) is 26.3 Å². The summed E-state index contributed by atoms with van der Waals surface area (Å²) in [6.45, 7) is 11.2. The van der Waals surface area contributed by atoms with Crippen LogP contribution in [0.4, 0.5) is 4.79 Å². The molecule has 1 amide bonds. The van der Waals surface area contributed by atoms with Crippen LogP contribution in [0.3, 0.4) is 0 Å². The molecule has 1 heterocycles. The largest absolute Gasteiger partial charge is 0.444 e. The van der Waals surface area contributed by atoms with E-state index in [1.807, 2.05) is 20.8 Å². The summed E-state index contributed by atoms with van der Waals surface area (Å²) in [5, 5.41) is 2.56. The molecule has 0 spiro atoms. The lowest BCUT2D eigenvalue weighted by molar-refractivity contribution is 0.0117. The number of benzene rings is 2. The minimum atomic E-state index is -0.437. The van der Waals surface area contributed by atoms with Crippen LogP contribution >= 0.6 is 0 Å². The molecule has 0 saturated carbocycles. The average molecular weight is 385 g/mol. The van der Waals surface area contributed by atoms with Gasteiger partial charge in [-0.15, -0.1) is 0 Å². The Hall–Kier alpha value is -2.11. The molecule has 0 aliphatic carbocycles. The molecule has 1 saturated heterocycles. The average Bonchev–Trinajstić information content (AvgIpc) is 2.67. The molecule has 1 fully saturated rings. The molecular weight excluding hydrogens is 352 g/mol. The van der Waals surface area contributed by atoms with Crippen LogP contribution in [-0.4, -0.2) is 67.4 Å². The number of piperazine rings is 1. The number of hydrogen-bond donors (Lipinski definition) is 0. The molecule has 0 atom stereocenters. The van der Waals surface area contributed by atoms with E-state index in [-0.39, 0.29) is 6.09 Å². The molecule has 0 radical (unpaired) electrons. The molecule has 0 aromatic heterocycles. The van der Waals surface area contributed by atoms with E-state index in [1.165, 1.54) is 16.3 Å². The van der Waals surface area contributed by atoms with Crippen molar-refractivity contribution in [1.82, 2.24) is 9.80 Å². The van der Waals surface area contributed by atoms with Crippen LogP contribution < -0.4 is 0 Å². The topological polar surface area (TPSA) is 42.0 Å². The molecule has 1 aliphatic heterocycles. The summed E-state index contributed by atoms with van der Waals surface area (Å²) >= 11 is 0. The maximum absolute atomic E-state index is 12.1. The van der Waals surface area contributed by atoms with Crippen molar-refractivity contribution < 1.29 is 14.3 Å². The van der Waals surface area contributed by atoms with Crippen molar-refractivity contribution in [2.75, 3.05) is 45.9 Å². The van der Waals surface area contributed by atoms with Crippen LogP contribution in [0, 0.1) is 0 Å². The number of amides is 1. The number of rotatable bonds is 6. The van der Waals surface area contributed by atoms with Crippen molar-refractivity contribution in [2.24, 2.45) is 0 Å². The number of carbonyl (C=O) groups excluding carboxylic acids is 1. The Balaban J connectivity index is 1.31. The van der Waals surface area contributed by atoms with E-state index in [2.05, 4.69) is 47.4 Å². The van der Waals surface area contributed by atoms with Gasteiger partial charge in [-0.05, 0) is 43.5 Å². The Morgan fingerprint density at radius 1 is 0.964 bits per heavy atom. The molecular formula is C23H32N2O3. The zero-order valence-corrected chi connectivity index (χ0v) is 17.3. The molecule has 1 aliphatic rings. The molecule has 0 N–H and O–H groups in total. The van der Waals surface area contributed by atoms with Gasteiger partial charge in [0.25, 0.3) is 0 Å². The fourth-order valence-electron chi connectivity index (χ4n) is 3.36. The van der Waals surface area contributed by atoms with E-state index >= 15 is 0 Å². The van der Waals surface area contributed by atoms with E-state index in [9.17, 15) is 4.79 Å². The maximum atomic E-state index is 12.1. The first-order chi connectivity index (χ1) is 13.4. The Morgan fingerprint density at radius 2 is 1.68 bits per heavy atom. The number of hydrogen-bond acceptors (Lipinski definition) is 4. The SMILES string of the molecule is CC(C)(C)OC(=O)N1CCN(CCOCCc2ccc3ccccc3c2)CC1. The van der Waals surface area contributed by atoms with Crippen molar-refractivity contribution in [3.63, 3.8) is 0 Å². The molecule has 0 unspecified atom stereocenters. The predicted octanol–water partition coefficient (Wildman–Crippen LogP) is 3.95. The third-order valence-electron chi connectivity index (χ3n) is 4.92. The highest BCUT2D eigenvalue weighted by Crippen LogP contribution is 2.16. The fourth-order valence-corrected chi connectivity index (χ4v) is 3.36. The lowest BCUT2D eigenvalue weighted by Crippen LogP contribution is -2.50. The van der Waals surface area contributed by atoms with E-state index < -0.39 is 5.60 Å². The second kappa shape index (κ2) is 9.39. The summed E-state index contributed by atoms with van der Waals surface area (Å²) in [6, 6.07) is 15.0. The van der Waals surface area contributed by atoms with Crippen molar-refractivity contribution in [3.05, 3.63) is 48.0 Å². The quantitative estimate of drug-likeness (QED) is 0.707. The second-order valence-corrected chi connectivity index (χ2v) is 8.35. The summed E-state index contributed by atoms with van der Waals surface area (Å²) in [5.41, 5.74) is 0.872. The summed E-state index contributed by atoms with van der Waals surface area (Å²) in [4.78, 5) is 16.2. The lowest BCUT2D eigenvalue weighted by atomic mass is 10.1. The van der Waals surface area contributed by atoms with Gasteiger partial charge in [-0.3, -0.25) is 4.90 Å². The first-order valence-electron chi connectivity index (χ1n) is 10.2. The van der Waals surface area contributed by atoms with Crippen LogP contribution in [-0.2, 0) is 15.9 Å². The van der Waals surface area contributed by atoms with Gasteiger partial charge in [-0.1, -0.05) is 42.5 Å². The van der Waals surface area contributed by atoms with Gasteiger partial charge in [-0.25, -0.2) is 4.79 Å². The van der Waals surface area contributed by atoms with Crippen LogP contribution in [0.2, 0.25) is 0 Å². The van der Waals surface area contributed by atoms with Gasteiger partial charge in [0.05, 0.1) is 13.2 Å². The zero-order valence-electron chi connectivity index (χ0n) is 17.3. The lowest BCUT2D eigenvalue weighted by Gasteiger charge is -2.35. The highest BCUT2D eigenvalue weighted by molar-refractivity contribution is 5.82. The van der Waals surface area contributed by atoms with E-state index in [1.54, 1.807) is 4.90 Å². The monoisotopic (exact) mass is 384 g/mol. The van der Waals surface area contributed by atoms with Crippen molar-refractivity contribution in [3.8, 4) is 0 Å². The van der Waals surface area contributed by atoms with Crippen LogP contribution in [0.5, 0.6) is 0 Å². The van der Waals surface area contributed by atoms with Gasteiger partial charge >= 0.3 is 6.09 Å². The maximum Gasteiger partial charge on any atom is 0.410 e. The molecule has 0 bridgehead atoms. The molecule has 28 heavy (non-hydrogen) atoms. The zero-order chi connectivity index (χ0) is 20.0. The molecule has 5 heteroatoms. The number of carbonyl (C=O) groups is 1. The highest BCUT2D eigenvalue weighted by atomic mass is 16.6. The van der Waals surface area contributed by atoms with Gasteiger partial charge < -0.3 is 14.4 Å². The van der Waals surface area contributed by atoms with Crippen molar-refractivity contribution in [2.45, 2.75) is 32.8 Å². The molecule has 2 aromatic rings. The Bertz CT molecular complexity index is 777. The normalized spacial score (nSPS) is 15.8. The van der Waals surface area contributed by atoms with Gasteiger partial charge in [0.2, 0.25) is 0 Å². The van der Waals surface area contributed by atoms with Gasteiger partial charge in [0.15, 0.2) is 0 Å².